The standard InChI is InChI=1S/C14H18O2/c1-2-8-14(11-16-12-14)10-15-9-13-6-4-3-5-7-13/h2-7H,1,8-12H2. The molecule has 1 heterocycles. The fourth-order valence-electron chi connectivity index (χ4n) is 1.92. The van der Waals surface area contributed by atoms with E-state index in [4.69, 9.17) is 9.47 Å². The van der Waals surface area contributed by atoms with Crippen molar-refractivity contribution in [3.8, 4) is 0 Å². The molecule has 2 rings (SSSR count). The number of ether oxygens (including phenoxy) is 2. The second-order valence-corrected chi connectivity index (χ2v) is 4.46. The summed E-state index contributed by atoms with van der Waals surface area (Å²) < 4.78 is 11.0. The fourth-order valence-corrected chi connectivity index (χ4v) is 1.92. The summed E-state index contributed by atoms with van der Waals surface area (Å²) in [5.41, 5.74) is 1.41. The Morgan fingerprint density at radius 3 is 2.62 bits per heavy atom. The Morgan fingerprint density at radius 2 is 2.06 bits per heavy atom. The van der Waals surface area contributed by atoms with Crippen molar-refractivity contribution in [2.75, 3.05) is 19.8 Å². The lowest BCUT2D eigenvalue weighted by molar-refractivity contribution is -0.149. The minimum Gasteiger partial charge on any atom is -0.380 e. The molecule has 1 aromatic carbocycles. The van der Waals surface area contributed by atoms with E-state index in [1.807, 2.05) is 24.3 Å². The second kappa shape index (κ2) is 5.28. The Balaban J connectivity index is 1.77. The highest BCUT2D eigenvalue weighted by atomic mass is 16.5. The van der Waals surface area contributed by atoms with E-state index in [1.165, 1.54) is 5.56 Å². The summed E-state index contributed by atoms with van der Waals surface area (Å²) >= 11 is 0. The minimum absolute atomic E-state index is 0.191. The minimum atomic E-state index is 0.191. The van der Waals surface area contributed by atoms with Gasteiger partial charge in [0.15, 0.2) is 0 Å². The van der Waals surface area contributed by atoms with Crippen LogP contribution in [0.5, 0.6) is 0 Å². The van der Waals surface area contributed by atoms with Gasteiger partial charge in [0.1, 0.15) is 0 Å². The van der Waals surface area contributed by atoms with Crippen molar-refractivity contribution in [1.82, 2.24) is 0 Å². The van der Waals surface area contributed by atoms with Crippen LogP contribution in [0.4, 0.5) is 0 Å². The summed E-state index contributed by atoms with van der Waals surface area (Å²) in [6, 6.07) is 10.2. The maximum absolute atomic E-state index is 5.75. The molecule has 1 aliphatic rings. The number of hydrogen-bond donors (Lipinski definition) is 0. The van der Waals surface area contributed by atoms with Gasteiger partial charge in [-0.2, -0.15) is 0 Å². The van der Waals surface area contributed by atoms with Crippen molar-refractivity contribution in [3.05, 3.63) is 48.6 Å². The maximum Gasteiger partial charge on any atom is 0.0717 e. The number of hydrogen-bond acceptors (Lipinski definition) is 2. The lowest BCUT2D eigenvalue weighted by atomic mass is 9.83. The number of allylic oxidation sites excluding steroid dienone is 1. The van der Waals surface area contributed by atoms with Crippen LogP contribution in [0.25, 0.3) is 0 Å². The molecule has 0 atom stereocenters. The zero-order chi connectivity index (χ0) is 11.3. The van der Waals surface area contributed by atoms with Crippen molar-refractivity contribution in [2.24, 2.45) is 5.41 Å². The van der Waals surface area contributed by atoms with Gasteiger partial charge in [-0.25, -0.2) is 0 Å². The summed E-state index contributed by atoms with van der Waals surface area (Å²) in [6.07, 6.45) is 2.93. The number of rotatable bonds is 6. The lowest BCUT2D eigenvalue weighted by Crippen LogP contribution is -2.45. The van der Waals surface area contributed by atoms with Crippen molar-refractivity contribution in [3.63, 3.8) is 0 Å². The summed E-state index contributed by atoms with van der Waals surface area (Å²) in [7, 11) is 0. The van der Waals surface area contributed by atoms with Gasteiger partial charge in [0.25, 0.3) is 0 Å². The van der Waals surface area contributed by atoms with Crippen LogP contribution >= 0.6 is 0 Å². The molecule has 1 fully saturated rings. The normalized spacial score (nSPS) is 17.8. The molecule has 0 spiro atoms. The Bertz CT molecular complexity index is 328. The average Bonchev–Trinajstić information content (AvgIpc) is 2.27. The molecule has 0 N–H and O–H groups in total. The van der Waals surface area contributed by atoms with Crippen LogP contribution < -0.4 is 0 Å². The maximum atomic E-state index is 5.75. The van der Waals surface area contributed by atoms with E-state index >= 15 is 0 Å². The molecule has 0 radical (unpaired) electrons. The van der Waals surface area contributed by atoms with E-state index in [2.05, 4.69) is 18.7 Å². The Kier molecular flexibility index (Phi) is 3.75. The number of benzene rings is 1. The zero-order valence-electron chi connectivity index (χ0n) is 9.52. The molecule has 2 heteroatoms. The Morgan fingerprint density at radius 1 is 1.31 bits per heavy atom. The van der Waals surface area contributed by atoms with E-state index < -0.39 is 0 Å². The predicted octanol–water partition coefficient (Wildman–Crippen LogP) is 2.80. The molecule has 1 aromatic rings. The van der Waals surface area contributed by atoms with Gasteiger partial charge in [0.2, 0.25) is 0 Å². The van der Waals surface area contributed by atoms with Crippen molar-refractivity contribution in [1.29, 1.82) is 0 Å². The van der Waals surface area contributed by atoms with E-state index in [9.17, 15) is 0 Å². The van der Waals surface area contributed by atoms with Crippen molar-refractivity contribution < 1.29 is 9.47 Å². The molecule has 0 aromatic heterocycles. The highest BCUT2D eigenvalue weighted by Crippen LogP contribution is 2.32. The highest BCUT2D eigenvalue weighted by Gasteiger charge is 2.37. The molecule has 0 saturated carbocycles. The van der Waals surface area contributed by atoms with Gasteiger partial charge >= 0.3 is 0 Å². The average molecular weight is 218 g/mol. The van der Waals surface area contributed by atoms with Gasteiger partial charge in [0.05, 0.1) is 26.4 Å². The first kappa shape index (κ1) is 11.4. The fraction of sp³-hybridized carbons (Fsp3) is 0.429. The molecule has 1 aliphatic heterocycles. The van der Waals surface area contributed by atoms with Crippen LogP contribution in [0.2, 0.25) is 0 Å². The Labute approximate surface area is 96.9 Å². The van der Waals surface area contributed by atoms with Gasteiger partial charge in [-0.3, -0.25) is 0 Å². The SMILES string of the molecule is C=CCC1(COCc2ccccc2)COC1. The molecule has 1 saturated heterocycles. The molecule has 16 heavy (non-hydrogen) atoms. The largest absolute Gasteiger partial charge is 0.380 e. The third kappa shape index (κ3) is 2.71. The van der Waals surface area contributed by atoms with Gasteiger partial charge in [-0.15, -0.1) is 6.58 Å². The van der Waals surface area contributed by atoms with Crippen LogP contribution in [0.15, 0.2) is 43.0 Å². The highest BCUT2D eigenvalue weighted by molar-refractivity contribution is 5.13. The van der Waals surface area contributed by atoms with Gasteiger partial charge in [0, 0.05) is 5.41 Å². The van der Waals surface area contributed by atoms with Crippen molar-refractivity contribution in [2.45, 2.75) is 13.0 Å². The van der Waals surface area contributed by atoms with Crippen LogP contribution in [-0.2, 0) is 16.1 Å². The van der Waals surface area contributed by atoms with E-state index in [-0.39, 0.29) is 5.41 Å². The van der Waals surface area contributed by atoms with Crippen LogP contribution in [-0.4, -0.2) is 19.8 Å². The molecule has 86 valence electrons. The predicted molar refractivity (Wildman–Crippen MR) is 64.2 cm³/mol. The van der Waals surface area contributed by atoms with E-state index in [1.54, 1.807) is 0 Å². The molecular weight excluding hydrogens is 200 g/mol. The van der Waals surface area contributed by atoms with Crippen LogP contribution in [0, 0.1) is 5.41 Å². The summed E-state index contributed by atoms with van der Waals surface area (Å²) in [5, 5.41) is 0. The molecule has 0 unspecified atom stereocenters. The van der Waals surface area contributed by atoms with E-state index in [0.29, 0.717) is 6.61 Å². The van der Waals surface area contributed by atoms with Gasteiger partial charge < -0.3 is 9.47 Å². The molecule has 0 amide bonds. The van der Waals surface area contributed by atoms with Crippen molar-refractivity contribution >= 4 is 0 Å². The summed E-state index contributed by atoms with van der Waals surface area (Å²) in [6.45, 7) is 6.82. The quantitative estimate of drug-likeness (QED) is 0.683. The van der Waals surface area contributed by atoms with Crippen LogP contribution in [0.3, 0.4) is 0 Å². The Hall–Kier alpha value is -1.12. The zero-order valence-corrected chi connectivity index (χ0v) is 9.52. The summed E-state index contributed by atoms with van der Waals surface area (Å²) in [4.78, 5) is 0. The third-order valence-electron chi connectivity index (χ3n) is 2.91. The smallest absolute Gasteiger partial charge is 0.0717 e. The first-order chi connectivity index (χ1) is 7.85. The van der Waals surface area contributed by atoms with E-state index in [0.717, 1.165) is 26.2 Å². The molecular formula is C14H18O2. The lowest BCUT2D eigenvalue weighted by Gasteiger charge is -2.40. The monoisotopic (exact) mass is 218 g/mol. The molecule has 0 bridgehead atoms. The first-order valence-corrected chi connectivity index (χ1v) is 5.65. The van der Waals surface area contributed by atoms with Gasteiger partial charge in [-0.05, 0) is 12.0 Å². The second-order valence-electron chi connectivity index (χ2n) is 4.46. The van der Waals surface area contributed by atoms with Crippen LogP contribution in [0.1, 0.15) is 12.0 Å². The molecule has 2 nitrogen and oxygen atoms in total. The summed E-state index contributed by atoms with van der Waals surface area (Å²) in [5.74, 6) is 0. The third-order valence-corrected chi connectivity index (χ3v) is 2.91. The first-order valence-electron chi connectivity index (χ1n) is 5.65. The molecule has 0 aliphatic carbocycles. The van der Waals surface area contributed by atoms with Gasteiger partial charge in [-0.1, -0.05) is 36.4 Å². The topological polar surface area (TPSA) is 18.5 Å².